The molecular formula is C15H13ClO3S. The highest BCUT2D eigenvalue weighted by molar-refractivity contribution is 7.12. The van der Waals surface area contributed by atoms with Gasteiger partial charge in [-0.1, -0.05) is 23.7 Å². The van der Waals surface area contributed by atoms with E-state index in [1.165, 1.54) is 17.4 Å². The fourth-order valence-electron chi connectivity index (χ4n) is 1.63. The molecule has 0 bridgehead atoms. The van der Waals surface area contributed by atoms with Gasteiger partial charge in [-0.25, -0.2) is 0 Å². The van der Waals surface area contributed by atoms with Gasteiger partial charge in [-0.3, -0.25) is 4.79 Å². The number of hydrogen-bond donors (Lipinski definition) is 1. The normalized spacial score (nSPS) is 10.9. The summed E-state index contributed by atoms with van der Waals surface area (Å²) in [5.74, 6) is 0.153. The highest BCUT2D eigenvalue weighted by Gasteiger charge is 2.09. The highest BCUT2D eigenvalue weighted by atomic mass is 35.5. The summed E-state index contributed by atoms with van der Waals surface area (Å²) in [6.07, 6.45) is 3.13. The van der Waals surface area contributed by atoms with Gasteiger partial charge in [0.05, 0.1) is 16.5 Å². The number of ketones is 1. The van der Waals surface area contributed by atoms with E-state index < -0.39 is 0 Å². The number of carbonyl (C=O) groups excluding carboxylic acids is 1. The molecule has 2 aromatic rings. The second-order valence-corrected chi connectivity index (χ2v) is 5.31. The Bertz CT molecular complexity index is 633. The lowest BCUT2D eigenvalue weighted by molar-refractivity contribution is 0.105. The Balaban J connectivity index is 2.23. The maximum absolute atomic E-state index is 11.9. The van der Waals surface area contributed by atoms with Crippen LogP contribution in [0, 0.1) is 0 Å². The van der Waals surface area contributed by atoms with E-state index in [1.54, 1.807) is 24.3 Å². The van der Waals surface area contributed by atoms with E-state index in [9.17, 15) is 9.90 Å². The van der Waals surface area contributed by atoms with Crippen LogP contribution in [0.3, 0.4) is 0 Å². The smallest absolute Gasteiger partial charge is 0.195 e. The quantitative estimate of drug-likeness (QED) is 0.657. The Morgan fingerprint density at radius 2 is 2.30 bits per heavy atom. The lowest BCUT2D eigenvalue weighted by Crippen LogP contribution is -1.93. The topological polar surface area (TPSA) is 46.5 Å². The molecule has 0 saturated carbocycles. The van der Waals surface area contributed by atoms with Gasteiger partial charge in [0.25, 0.3) is 0 Å². The van der Waals surface area contributed by atoms with E-state index in [0.29, 0.717) is 22.8 Å². The van der Waals surface area contributed by atoms with E-state index in [0.717, 1.165) is 0 Å². The molecule has 0 aliphatic rings. The van der Waals surface area contributed by atoms with Gasteiger partial charge in [-0.15, -0.1) is 11.3 Å². The standard InChI is InChI=1S/C15H13ClO3S/c1-2-19-13-9-10(8-11(16)15(13)18)5-6-12(17)14-4-3-7-20-14/h3-9,18H,2H2,1H3/b6-5+. The number of halogens is 1. The molecule has 0 amide bonds. The summed E-state index contributed by atoms with van der Waals surface area (Å²) in [4.78, 5) is 12.5. The van der Waals surface area contributed by atoms with Crippen molar-refractivity contribution in [2.75, 3.05) is 6.61 Å². The van der Waals surface area contributed by atoms with Gasteiger partial charge in [0.1, 0.15) is 0 Å². The van der Waals surface area contributed by atoms with Gasteiger partial charge >= 0.3 is 0 Å². The van der Waals surface area contributed by atoms with Crippen LogP contribution >= 0.6 is 22.9 Å². The molecule has 0 aliphatic heterocycles. The number of hydrogen-bond acceptors (Lipinski definition) is 4. The third-order valence-electron chi connectivity index (χ3n) is 2.54. The van der Waals surface area contributed by atoms with Crippen LogP contribution in [-0.2, 0) is 0 Å². The molecule has 0 radical (unpaired) electrons. The summed E-state index contributed by atoms with van der Waals surface area (Å²) < 4.78 is 5.29. The first-order valence-corrected chi connectivity index (χ1v) is 7.28. The zero-order valence-corrected chi connectivity index (χ0v) is 12.4. The van der Waals surface area contributed by atoms with Crippen LogP contribution in [0.4, 0.5) is 0 Å². The fraction of sp³-hybridized carbons (Fsp3) is 0.133. The monoisotopic (exact) mass is 308 g/mol. The Morgan fingerprint density at radius 1 is 1.50 bits per heavy atom. The molecule has 1 aromatic heterocycles. The second-order valence-electron chi connectivity index (χ2n) is 3.96. The average molecular weight is 309 g/mol. The minimum atomic E-state index is -0.0877. The summed E-state index contributed by atoms with van der Waals surface area (Å²) in [6, 6.07) is 6.82. The van der Waals surface area contributed by atoms with Crippen LogP contribution in [0.15, 0.2) is 35.7 Å². The number of thiophene rings is 1. The van der Waals surface area contributed by atoms with Crippen LogP contribution < -0.4 is 4.74 Å². The van der Waals surface area contributed by atoms with Gasteiger partial charge in [-0.2, -0.15) is 0 Å². The molecule has 20 heavy (non-hydrogen) atoms. The highest BCUT2D eigenvalue weighted by Crippen LogP contribution is 2.35. The number of ether oxygens (including phenoxy) is 1. The molecule has 0 fully saturated rings. The molecule has 1 aromatic carbocycles. The minimum absolute atomic E-state index is 0.0674. The van der Waals surface area contributed by atoms with Crippen molar-refractivity contribution in [3.05, 3.63) is 51.2 Å². The molecule has 0 aliphatic carbocycles. The number of phenols is 1. The molecule has 0 unspecified atom stereocenters. The molecule has 2 rings (SSSR count). The molecule has 0 atom stereocenters. The number of phenolic OH excluding ortho intramolecular Hbond substituents is 1. The minimum Gasteiger partial charge on any atom is -0.503 e. The van der Waals surface area contributed by atoms with Crippen molar-refractivity contribution < 1.29 is 14.6 Å². The third kappa shape index (κ3) is 3.40. The number of carbonyl (C=O) groups is 1. The number of aromatic hydroxyl groups is 1. The first-order valence-electron chi connectivity index (χ1n) is 6.03. The second kappa shape index (κ2) is 6.59. The van der Waals surface area contributed by atoms with Crippen molar-refractivity contribution >= 4 is 34.8 Å². The van der Waals surface area contributed by atoms with E-state index in [-0.39, 0.29) is 16.6 Å². The van der Waals surface area contributed by atoms with Crippen LogP contribution in [0.25, 0.3) is 6.08 Å². The zero-order valence-electron chi connectivity index (χ0n) is 10.8. The SMILES string of the molecule is CCOc1cc(/C=C/C(=O)c2cccs2)cc(Cl)c1O. The Hall–Kier alpha value is -1.78. The molecular weight excluding hydrogens is 296 g/mol. The van der Waals surface area contributed by atoms with Crippen molar-refractivity contribution in [3.8, 4) is 11.5 Å². The summed E-state index contributed by atoms with van der Waals surface area (Å²) in [5.41, 5.74) is 0.696. The molecule has 0 saturated heterocycles. The predicted octanol–water partition coefficient (Wildman–Crippen LogP) is 4.40. The van der Waals surface area contributed by atoms with Crippen LogP contribution in [0.5, 0.6) is 11.5 Å². The van der Waals surface area contributed by atoms with Crippen molar-refractivity contribution in [1.82, 2.24) is 0 Å². The zero-order chi connectivity index (χ0) is 14.5. The lowest BCUT2D eigenvalue weighted by Gasteiger charge is -2.08. The summed E-state index contributed by atoms with van der Waals surface area (Å²) in [5, 5.41) is 11.8. The molecule has 5 heteroatoms. The van der Waals surface area contributed by atoms with Crippen LogP contribution in [-0.4, -0.2) is 17.5 Å². The van der Waals surface area contributed by atoms with Crippen molar-refractivity contribution in [3.63, 3.8) is 0 Å². The summed E-state index contributed by atoms with van der Waals surface area (Å²) >= 11 is 7.31. The first-order chi connectivity index (χ1) is 9.61. The van der Waals surface area contributed by atoms with Crippen molar-refractivity contribution in [2.24, 2.45) is 0 Å². The number of benzene rings is 1. The van der Waals surface area contributed by atoms with Crippen molar-refractivity contribution in [1.29, 1.82) is 0 Å². The Morgan fingerprint density at radius 3 is 2.95 bits per heavy atom. The van der Waals surface area contributed by atoms with E-state index in [2.05, 4.69) is 0 Å². The van der Waals surface area contributed by atoms with Gasteiger partial charge < -0.3 is 9.84 Å². The van der Waals surface area contributed by atoms with Crippen LogP contribution in [0.1, 0.15) is 22.2 Å². The van der Waals surface area contributed by atoms with Gasteiger partial charge in [0.2, 0.25) is 0 Å². The fourth-order valence-corrected chi connectivity index (χ4v) is 2.49. The maximum atomic E-state index is 11.9. The largest absolute Gasteiger partial charge is 0.503 e. The Labute approximate surface area is 126 Å². The lowest BCUT2D eigenvalue weighted by atomic mass is 10.1. The molecule has 1 N–H and O–H groups in total. The molecule has 0 spiro atoms. The number of rotatable bonds is 5. The first kappa shape index (κ1) is 14.6. The average Bonchev–Trinajstić information content (AvgIpc) is 2.95. The van der Waals surface area contributed by atoms with Gasteiger partial charge in [0, 0.05) is 0 Å². The maximum Gasteiger partial charge on any atom is 0.195 e. The number of allylic oxidation sites excluding steroid dienone is 1. The summed E-state index contributed by atoms with van der Waals surface area (Å²) in [6.45, 7) is 2.24. The van der Waals surface area contributed by atoms with Crippen molar-refractivity contribution in [2.45, 2.75) is 6.92 Å². The third-order valence-corrected chi connectivity index (χ3v) is 3.71. The van der Waals surface area contributed by atoms with E-state index >= 15 is 0 Å². The molecule has 104 valence electrons. The summed E-state index contributed by atoms with van der Waals surface area (Å²) in [7, 11) is 0. The predicted molar refractivity (Wildman–Crippen MR) is 82.0 cm³/mol. The van der Waals surface area contributed by atoms with Gasteiger partial charge in [0.15, 0.2) is 17.3 Å². The van der Waals surface area contributed by atoms with E-state index in [4.69, 9.17) is 16.3 Å². The molecule has 3 nitrogen and oxygen atoms in total. The van der Waals surface area contributed by atoms with Gasteiger partial charge in [-0.05, 0) is 42.1 Å². The van der Waals surface area contributed by atoms with E-state index in [1.807, 2.05) is 18.4 Å². The Kier molecular flexibility index (Phi) is 4.82. The van der Waals surface area contributed by atoms with Crippen LogP contribution in [0.2, 0.25) is 5.02 Å². The molecule has 1 heterocycles.